The Labute approximate surface area is 133 Å². The summed E-state index contributed by atoms with van der Waals surface area (Å²) in [5, 5.41) is 2.64. The van der Waals surface area contributed by atoms with Gasteiger partial charge in [0.25, 0.3) is 0 Å². The summed E-state index contributed by atoms with van der Waals surface area (Å²) in [6.07, 6.45) is 4.80. The van der Waals surface area contributed by atoms with Crippen LogP contribution in [0.15, 0.2) is 54.2 Å². The molecule has 0 saturated carbocycles. The molecule has 0 aliphatic carbocycles. The molecule has 5 heteroatoms. The summed E-state index contributed by atoms with van der Waals surface area (Å²) >= 11 is 1.48. The molecular formula is C17H18N3OS+. The number of aromatic amines is 1. The summed E-state index contributed by atoms with van der Waals surface area (Å²) in [5.74, 6) is 1.03. The number of rotatable bonds is 5. The zero-order valence-corrected chi connectivity index (χ0v) is 13.1. The van der Waals surface area contributed by atoms with Gasteiger partial charge in [-0.15, -0.1) is 11.3 Å². The van der Waals surface area contributed by atoms with E-state index < -0.39 is 0 Å². The molecule has 0 aliphatic heterocycles. The van der Waals surface area contributed by atoms with E-state index in [2.05, 4.69) is 28.2 Å². The van der Waals surface area contributed by atoms with E-state index in [1.807, 2.05) is 36.0 Å². The van der Waals surface area contributed by atoms with Crippen molar-refractivity contribution in [3.05, 3.63) is 71.0 Å². The van der Waals surface area contributed by atoms with Crippen LogP contribution in [0.3, 0.4) is 0 Å². The third-order valence-corrected chi connectivity index (χ3v) is 4.32. The number of hydrogen-bond donors (Lipinski definition) is 1. The molecule has 1 unspecified atom stereocenters. The van der Waals surface area contributed by atoms with Crippen LogP contribution in [0.5, 0.6) is 5.75 Å². The molecule has 0 spiro atoms. The number of methoxy groups -OCH3 is 1. The quantitative estimate of drug-likeness (QED) is 0.788. The Balaban J connectivity index is 1.94. The Morgan fingerprint density at radius 2 is 2.09 bits per heavy atom. The van der Waals surface area contributed by atoms with Crippen LogP contribution in [0.25, 0.3) is 0 Å². The molecule has 2 aromatic heterocycles. The highest BCUT2D eigenvalue weighted by Crippen LogP contribution is 2.30. The summed E-state index contributed by atoms with van der Waals surface area (Å²) in [4.78, 5) is 7.61. The van der Waals surface area contributed by atoms with Gasteiger partial charge in [-0.3, -0.25) is 0 Å². The molecule has 0 aliphatic rings. The fourth-order valence-corrected chi connectivity index (χ4v) is 3.10. The lowest BCUT2D eigenvalue weighted by atomic mass is 9.90. The number of benzene rings is 1. The molecule has 0 amide bonds. The largest absolute Gasteiger partial charge is 0.497 e. The molecule has 0 fully saturated rings. The zero-order valence-electron chi connectivity index (χ0n) is 12.3. The second-order valence-corrected chi connectivity index (χ2v) is 5.94. The van der Waals surface area contributed by atoms with E-state index in [9.17, 15) is 0 Å². The van der Waals surface area contributed by atoms with Crippen LogP contribution in [0.4, 0.5) is 5.13 Å². The third-order valence-electron chi connectivity index (χ3n) is 3.63. The Hall–Kier alpha value is -2.40. The van der Waals surface area contributed by atoms with Crippen molar-refractivity contribution in [1.29, 1.82) is 0 Å². The molecule has 3 N–H and O–H groups in total. The molecule has 4 nitrogen and oxygen atoms in total. The van der Waals surface area contributed by atoms with Crippen LogP contribution in [0.1, 0.15) is 22.7 Å². The standard InChI is InChI=1S/C17H17N3OS/c1-21-14-6-4-13(5-7-14)15(16-11-22-17(18)20-16)9-12-3-2-8-19-10-12/h2-8,10-11,15H,9H2,1H3,(H2,18,20)/p+1. The number of aromatic nitrogens is 2. The van der Waals surface area contributed by atoms with E-state index in [1.165, 1.54) is 22.5 Å². The molecule has 3 rings (SSSR count). The van der Waals surface area contributed by atoms with Gasteiger partial charge in [0.2, 0.25) is 0 Å². The minimum absolute atomic E-state index is 0.176. The number of hydrogen-bond acceptors (Lipinski definition) is 4. The predicted octanol–water partition coefficient (Wildman–Crippen LogP) is 2.92. The van der Waals surface area contributed by atoms with Crippen molar-refractivity contribution < 1.29 is 9.72 Å². The second-order valence-electron chi connectivity index (χ2n) is 5.05. The van der Waals surface area contributed by atoms with Crippen molar-refractivity contribution in [2.45, 2.75) is 12.3 Å². The molecule has 0 saturated heterocycles. The van der Waals surface area contributed by atoms with Crippen LogP contribution >= 0.6 is 11.3 Å². The number of pyridine rings is 1. The lowest BCUT2D eigenvalue weighted by Gasteiger charge is -2.15. The van der Waals surface area contributed by atoms with Gasteiger partial charge in [0, 0.05) is 22.9 Å². The number of ether oxygens (including phenoxy) is 1. The summed E-state index contributed by atoms with van der Waals surface area (Å²) in [6.45, 7) is 0. The van der Waals surface area contributed by atoms with Crippen LogP contribution in [-0.2, 0) is 6.42 Å². The van der Waals surface area contributed by atoms with Crippen molar-refractivity contribution in [2.75, 3.05) is 12.8 Å². The first-order chi connectivity index (χ1) is 10.8. The molecule has 0 radical (unpaired) electrons. The first kappa shape index (κ1) is 14.5. The first-order valence-electron chi connectivity index (χ1n) is 7.06. The van der Waals surface area contributed by atoms with E-state index in [4.69, 9.17) is 10.5 Å². The van der Waals surface area contributed by atoms with Crippen LogP contribution in [0, 0.1) is 0 Å². The topological polar surface area (TPSA) is 62.3 Å². The van der Waals surface area contributed by atoms with E-state index in [-0.39, 0.29) is 5.92 Å². The van der Waals surface area contributed by atoms with Gasteiger partial charge in [-0.25, -0.2) is 9.97 Å². The highest BCUT2D eigenvalue weighted by atomic mass is 32.1. The number of thiazole rings is 1. The van der Waals surface area contributed by atoms with Crippen molar-refractivity contribution in [2.24, 2.45) is 0 Å². The average Bonchev–Trinajstić information content (AvgIpc) is 3.00. The summed E-state index contributed by atoms with van der Waals surface area (Å²) < 4.78 is 5.24. The van der Waals surface area contributed by atoms with Gasteiger partial charge in [0.15, 0.2) is 17.5 Å². The Bertz CT molecular complexity index is 725. The summed E-state index contributed by atoms with van der Waals surface area (Å²) in [5.41, 5.74) is 9.26. The lowest BCUT2D eigenvalue weighted by molar-refractivity contribution is -0.378. The summed E-state index contributed by atoms with van der Waals surface area (Å²) in [7, 11) is 1.67. The van der Waals surface area contributed by atoms with Crippen molar-refractivity contribution >= 4 is 16.5 Å². The summed E-state index contributed by atoms with van der Waals surface area (Å²) in [6, 6.07) is 12.3. The van der Waals surface area contributed by atoms with E-state index in [1.54, 1.807) is 7.11 Å². The van der Waals surface area contributed by atoms with E-state index in [0.29, 0.717) is 5.13 Å². The van der Waals surface area contributed by atoms with Crippen LogP contribution in [0.2, 0.25) is 0 Å². The van der Waals surface area contributed by atoms with Crippen LogP contribution < -0.4 is 15.5 Å². The maximum Gasteiger partial charge on any atom is 0.180 e. The van der Waals surface area contributed by atoms with Gasteiger partial charge < -0.3 is 10.5 Å². The van der Waals surface area contributed by atoms with Crippen molar-refractivity contribution in [3.63, 3.8) is 0 Å². The fraction of sp³-hybridized carbons (Fsp3) is 0.176. The Morgan fingerprint density at radius 3 is 2.68 bits per heavy atom. The predicted molar refractivity (Wildman–Crippen MR) is 88.1 cm³/mol. The fourth-order valence-electron chi connectivity index (χ4n) is 2.48. The van der Waals surface area contributed by atoms with Gasteiger partial charge >= 0.3 is 0 Å². The number of anilines is 1. The van der Waals surface area contributed by atoms with Crippen LogP contribution in [-0.4, -0.2) is 12.1 Å². The van der Waals surface area contributed by atoms with Crippen molar-refractivity contribution in [3.8, 4) is 5.75 Å². The van der Waals surface area contributed by atoms with Gasteiger partial charge in [0.05, 0.1) is 12.8 Å². The van der Waals surface area contributed by atoms with Gasteiger partial charge in [-0.05, 0) is 30.2 Å². The maximum atomic E-state index is 5.81. The number of nitrogens with two attached hydrogens (primary N) is 1. The Morgan fingerprint density at radius 1 is 1.27 bits per heavy atom. The van der Waals surface area contributed by atoms with Gasteiger partial charge in [-0.1, -0.05) is 12.1 Å². The third kappa shape index (κ3) is 3.26. The minimum atomic E-state index is 0.176. The monoisotopic (exact) mass is 312 g/mol. The number of nitrogens with one attached hydrogen (secondary N) is 1. The zero-order chi connectivity index (χ0) is 15.4. The van der Waals surface area contributed by atoms with Crippen molar-refractivity contribution in [1.82, 2.24) is 4.98 Å². The molecule has 0 bridgehead atoms. The maximum absolute atomic E-state index is 5.81. The molecule has 2 heterocycles. The SMILES string of the molecule is COc1ccc(C(Cc2ccc[nH+]c2)c2csc(N)n2)cc1. The van der Waals surface area contributed by atoms with E-state index in [0.717, 1.165) is 17.9 Å². The highest BCUT2D eigenvalue weighted by Gasteiger charge is 2.19. The van der Waals surface area contributed by atoms with E-state index >= 15 is 0 Å². The molecule has 1 aromatic carbocycles. The number of nitrogen functional groups attached to an aromatic ring is 1. The average molecular weight is 312 g/mol. The number of H-pyrrole nitrogens is 1. The smallest absolute Gasteiger partial charge is 0.180 e. The molecule has 1 atom stereocenters. The highest BCUT2D eigenvalue weighted by molar-refractivity contribution is 7.13. The van der Waals surface area contributed by atoms with Gasteiger partial charge in [0.1, 0.15) is 5.75 Å². The normalized spacial score (nSPS) is 12.0. The molecule has 112 valence electrons. The Kier molecular flexibility index (Phi) is 4.34. The first-order valence-corrected chi connectivity index (χ1v) is 7.94. The molecule has 3 aromatic rings. The number of nitrogens with zero attached hydrogens (tertiary/aromatic N) is 1. The second kappa shape index (κ2) is 6.58. The molecular weight excluding hydrogens is 294 g/mol. The van der Waals surface area contributed by atoms with Gasteiger partial charge in [-0.2, -0.15) is 0 Å². The lowest BCUT2D eigenvalue weighted by Crippen LogP contribution is -2.09. The minimum Gasteiger partial charge on any atom is -0.497 e. The molecule has 22 heavy (non-hydrogen) atoms.